The van der Waals surface area contributed by atoms with E-state index in [1.54, 1.807) is 12.1 Å². The van der Waals surface area contributed by atoms with E-state index in [-0.39, 0.29) is 29.2 Å². The van der Waals surface area contributed by atoms with Crippen molar-refractivity contribution in [3.63, 3.8) is 0 Å². The van der Waals surface area contributed by atoms with Gasteiger partial charge in [0.15, 0.2) is 0 Å². The number of halogens is 11. The molecular weight excluding hydrogens is 681 g/mol. The minimum atomic E-state index is -4.95. The summed E-state index contributed by atoms with van der Waals surface area (Å²) in [6.45, 7) is 2.17. The quantitative estimate of drug-likeness (QED) is 0.105. The molecule has 5 rings (SSSR count). The maximum absolute atomic E-state index is 15.3. The molecule has 268 valence electrons. The number of benzene rings is 4. The van der Waals surface area contributed by atoms with E-state index >= 15 is 8.78 Å². The van der Waals surface area contributed by atoms with E-state index in [1.807, 2.05) is 0 Å². The largest absolute Gasteiger partial charge is 0.432 e. The number of ether oxygens (including phenoxy) is 1. The van der Waals surface area contributed by atoms with E-state index in [1.165, 1.54) is 37.8 Å². The van der Waals surface area contributed by atoms with Crippen LogP contribution >= 0.6 is 0 Å². The van der Waals surface area contributed by atoms with E-state index in [0.717, 1.165) is 43.4 Å². The summed E-state index contributed by atoms with van der Waals surface area (Å²) in [6.07, 6.45) is -0.262. The van der Waals surface area contributed by atoms with E-state index in [0.29, 0.717) is 24.1 Å². The average Bonchev–Trinajstić information content (AvgIpc) is 3.04. The van der Waals surface area contributed by atoms with Crippen LogP contribution in [0.4, 0.5) is 48.3 Å². The molecule has 1 saturated carbocycles. The average molecular weight is 715 g/mol. The minimum Gasteiger partial charge on any atom is -0.429 e. The van der Waals surface area contributed by atoms with E-state index in [4.69, 9.17) is 0 Å². The molecule has 12 heteroatoms. The number of hydrogen-bond acceptors (Lipinski definition) is 1. The van der Waals surface area contributed by atoms with Crippen molar-refractivity contribution in [1.29, 1.82) is 0 Å². The van der Waals surface area contributed by atoms with Gasteiger partial charge < -0.3 is 4.74 Å². The van der Waals surface area contributed by atoms with E-state index < -0.39 is 75.5 Å². The summed E-state index contributed by atoms with van der Waals surface area (Å²) in [5, 5.41) is 0. The zero-order valence-corrected chi connectivity index (χ0v) is 26.8. The van der Waals surface area contributed by atoms with Crippen LogP contribution in [0.1, 0.15) is 80.9 Å². The number of hydrogen-bond donors (Lipinski definition) is 0. The van der Waals surface area contributed by atoms with Crippen LogP contribution in [0.15, 0.2) is 66.7 Å². The molecule has 1 aliphatic carbocycles. The van der Waals surface area contributed by atoms with Crippen LogP contribution in [-0.4, -0.2) is 6.43 Å². The minimum absolute atomic E-state index is 0.0581. The first-order valence-electron chi connectivity index (χ1n) is 16.2. The van der Waals surface area contributed by atoms with Gasteiger partial charge >= 0.3 is 18.5 Å². The van der Waals surface area contributed by atoms with Crippen molar-refractivity contribution >= 4 is 0 Å². The van der Waals surface area contributed by atoms with Crippen LogP contribution in [0.3, 0.4) is 0 Å². The second-order valence-corrected chi connectivity index (χ2v) is 12.6. The van der Waals surface area contributed by atoms with Gasteiger partial charge in [0.1, 0.15) is 40.4 Å². The van der Waals surface area contributed by atoms with Gasteiger partial charge in [0.25, 0.3) is 0 Å². The standard InChI is InChI=1S/C38H33F11O/c1-2-3-4-5-21-6-8-22(9-7-21)23-10-13-27(30(39)16-23)24-11-14-28(31(40)17-24)25-18-33(42)35(34(43)19-25)38(48,49)50-26-12-15-29(32(41)20-26)37(46,47)36(44)45/h10-22,36H,2-9H2,1H3. The molecule has 0 spiro atoms. The summed E-state index contributed by atoms with van der Waals surface area (Å²) in [5.41, 5.74) is -3.56. The molecule has 0 heterocycles. The lowest BCUT2D eigenvalue weighted by molar-refractivity contribution is -0.189. The van der Waals surface area contributed by atoms with E-state index in [9.17, 15) is 39.5 Å². The van der Waals surface area contributed by atoms with Crippen LogP contribution < -0.4 is 4.74 Å². The molecule has 50 heavy (non-hydrogen) atoms. The molecule has 0 amide bonds. The van der Waals surface area contributed by atoms with Crippen LogP contribution in [0.25, 0.3) is 22.3 Å². The molecule has 4 aromatic rings. The highest BCUT2D eigenvalue weighted by Gasteiger charge is 2.46. The highest BCUT2D eigenvalue weighted by molar-refractivity contribution is 5.72. The van der Waals surface area contributed by atoms with Gasteiger partial charge in [-0.2, -0.15) is 17.6 Å². The second kappa shape index (κ2) is 15.0. The molecule has 1 nitrogen and oxygen atoms in total. The summed E-state index contributed by atoms with van der Waals surface area (Å²) < 4.78 is 161. The number of alkyl halides is 6. The van der Waals surface area contributed by atoms with E-state index in [2.05, 4.69) is 11.7 Å². The molecule has 0 bridgehead atoms. The van der Waals surface area contributed by atoms with Gasteiger partial charge in [-0.1, -0.05) is 56.9 Å². The van der Waals surface area contributed by atoms with Crippen molar-refractivity contribution in [2.24, 2.45) is 5.92 Å². The SMILES string of the molecule is CCCCCC1CCC(c2ccc(-c3ccc(-c4cc(F)c(C(F)(F)Oc5ccc(C(F)(F)C(F)F)c(F)c5)c(F)c4)c(F)c3)c(F)c2)CC1. The zero-order valence-electron chi connectivity index (χ0n) is 26.8. The Hall–Kier alpha value is -4.09. The van der Waals surface area contributed by atoms with Crippen molar-refractivity contribution in [2.75, 3.05) is 0 Å². The summed E-state index contributed by atoms with van der Waals surface area (Å²) in [6, 6.07) is 9.29. The third-order valence-corrected chi connectivity index (χ3v) is 9.27. The van der Waals surface area contributed by atoms with Crippen molar-refractivity contribution < 1.29 is 53.0 Å². The van der Waals surface area contributed by atoms with Gasteiger partial charge in [-0.15, -0.1) is 0 Å². The van der Waals surface area contributed by atoms with Gasteiger partial charge in [0, 0.05) is 17.2 Å². The highest BCUT2D eigenvalue weighted by atomic mass is 19.3. The first-order valence-corrected chi connectivity index (χ1v) is 16.2. The molecule has 1 fully saturated rings. The molecule has 1 aliphatic rings. The maximum Gasteiger partial charge on any atom is 0.432 e. The third kappa shape index (κ3) is 7.94. The highest BCUT2D eigenvalue weighted by Crippen LogP contribution is 2.42. The van der Waals surface area contributed by atoms with Gasteiger partial charge in [0.05, 0.1) is 5.56 Å². The smallest absolute Gasteiger partial charge is 0.429 e. The lowest BCUT2D eigenvalue weighted by Gasteiger charge is -2.29. The predicted octanol–water partition coefficient (Wildman–Crippen LogP) is 13.1. The third-order valence-electron chi connectivity index (χ3n) is 9.27. The predicted molar refractivity (Wildman–Crippen MR) is 167 cm³/mol. The Morgan fingerprint density at radius 2 is 1.26 bits per heavy atom. The summed E-state index contributed by atoms with van der Waals surface area (Å²) in [5.74, 6) is -12.7. The first kappa shape index (κ1) is 37.2. The normalized spacial score (nSPS) is 17.0. The van der Waals surface area contributed by atoms with Crippen LogP contribution in [0.2, 0.25) is 0 Å². The molecule has 4 aromatic carbocycles. The van der Waals surface area contributed by atoms with Crippen LogP contribution in [0, 0.1) is 35.0 Å². The van der Waals surface area contributed by atoms with Crippen molar-refractivity contribution in [1.82, 2.24) is 0 Å². The topological polar surface area (TPSA) is 9.23 Å². The molecule has 0 radical (unpaired) electrons. The van der Waals surface area contributed by atoms with Crippen LogP contribution in [-0.2, 0) is 12.0 Å². The molecule has 0 unspecified atom stereocenters. The van der Waals surface area contributed by atoms with Crippen molar-refractivity contribution in [3.05, 3.63) is 113 Å². The Morgan fingerprint density at radius 3 is 1.84 bits per heavy atom. The molecular formula is C38H33F11O. The Morgan fingerprint density at radius 1 is 0.660 bits per heavy atom. The van der Waals surface area contributed by atoms with Gasteiger partial charge in [-0.25, -0.2) is 30.7 Å². The Labute approximate surface area is 282 Å². The van der Waals surface area contributed by atoms with Gasteiger partial charge in [-0.3, -0.25) is 0 Å². The van der Waals surface area contributed by atoms with Crippen molar-refractivity contribution in [3.8, 4) is 28.0 Å². The van der Waals surface area contributed by atoms with Crippen molar-refractivity contribution in [2.45, 2.75) is 82.7 Å². The maximum atomic E-state index is 15.3. The fourth-order valence-electron chi connectivity index (χ4n) is 6.56. The fourth-order valence-corrected chi connectivity index (χ4v) is 6.56. The second-order valence-electron chi connectivity index (χ2n) is 12.6. The van der Waals surface area contributed by atoms with Gasteiger partial charge in [0.2, 0.25) is 0 Å². The Kier molecular flexibility index (Phi) is 11.2. The van der Waals surface area contributed by atoms with Gasteiger partial charge in [-0.05, 0) is 90.6 Å². The Bertz CT molecular complexity index is 1790. The Balaban J connectivity index is 1.31. The monoisotopic (exact) mass is 714 g/mol. The fraction of sp³-hybridized carbons (Fsp3) is 0.368. The first-order chi connectivity index (χ1) is 23.6. The molecule has 0 atom stereocenters. The zero-order chi connectivity index (χ0) is 36.4. The lowest BCUT2D eigenvalue weighted by atomic mass is 9.77. The summed E-state index contributed by atoms with van der Waals surface area (Å²) >= 11 is 0. The number of rotatable bonds is 12. The molecule has 0 N–H and O–H groups in total. The van der Waals surface area contributed by atoms with Crippen LogP contribution in [0.5, 0.6) is 5.75 Å². The molecule has 0 aliphatic heterocycles. The number of unbranched alkanes of at least 4 members (excludes halogenated alkanes) is 2. The summed E-state index contributed by atoms with van der Waals surface area (Å²) in [4.78, 5) is 0. The molecule has 0 saturated heterocycles. The molecule has 0 aromatic heterocycles. The lowest BCUT2D eigenvalue weighted by Crippen LogP contribution is -2.26. The summed E-state index contributed by atoms with van der Waals surface area (Å²) in [7, 11) is 0.